The normalized spacial score (nSPS) is 10.6. The molecule has 0 aliphatic carbocycles. The van der Waals surface area contributed by atoms with Crippen LogP contribution in [-0.2, 0) is 0 Å². The molecule has 0 aliphatic rings. The van der Waals surface area contributed by atoms with E-state index in [2.05, 4.69) is 0 Å². The van der Waals surface area contributed by atoms with Crippen molar-refractivity contribution in [2.45, 2.75) is 19.8 Å². The Morgan fingerprint density at radius 1 is 1.43 bits per heavy atom. The molecule has 14 heavy (non-hydrogen) atoms. The summed E-state index contributed by atoms with van der Waals surface area (Å²) in [5.74, 6) is 0.202. The zero-order valence-electron chi connectivity index (χ0n) is 8.10. The molecule has 1 radical (unpaired) electrons. The van der Waals surface area contributed by atoms with Crippen LogP contribution in [0.4, 0.5) is 5.69 Å². The molecule has 0 aliphatic heterocycles. The monoisotopic (exact) mass is 194 g/mol. The van der Waals surface area contributed by atoms with Crippen LogP contribution in [0, 0.1) is 16.7 Å². The first-order chi connectivity index (χ1) is 6.54. The smallest absolute Gasteiger partial charge is 0.270 e. The minimum absolute atomic E-state index is 0.0106. The summed E-state index contributed by atoms with van der Waals surface area (Å²) in [5.41, 5.74) is 1.32. The van der Waals surface area contributed by atoms with Gasteiger partial charge >= 0.3 is 0 Å². The van der Waals surface area contributed by atoms with Gasteiger partial charge in [-0.15, -0.1) is 0 Å². The van der Waals surface area contributed by atoms with E-state index in [0.29, 0.717) is 5.56 Å². The fourth-order valence-electron chi connectivity index (χ4n) is 1.17. The van der Waals surface area contributed by atoms with Crippen LogP contribution in [0.2, 0.25) is 0 Å². The van der Waals surface area contributed by atoms with E-state index in [9.17, 15) is 10.1 Å². The van der Waals surface area contributed by atoms with Crippen LogP contribution in [0.25, 0.3) is 0 Å². The van der Waals surface area contributed by atoms with Gasteiger partial charge in [0.05, 0.1) is 4.92 Å². The standard InChI is InChI=1S/C10H12NO3/c1-7(2)9-3-8(6-12)4-10(5-9)11(13)14/h3-7,12H,1-2H3. The number of hydrogen-bond acceptors (Lipinski definition) is 3. The Morgan fingerprint density at radius 2 is 2.07 bits per heavy atom. The van der Waals surface area contributed by atoms with Crippen LogP contribution in [-0.4, -0.2) is 10.0 Å². The van der Waals surface area contributed by atoms with Gasteiger partial charge in [0.25, 0.3) is 5.69 Å². The maximum absolute atomic E-state index is 10.6. The van der Waals surface area contributed by atoms with Crippen LogP contribution >= 0.6 is 0 Å². The molecule has 1 aromatic rings. The molecule has 4 nitrogen and oxygen atoms in total. The van der Waals surface area contributed by atoms with Gasteiger partial charge < -0.3 is 5.11 Å². The number of nitro groups is 1. The van der Waals surface area contributed by atoms with E-state index in [4.69, 9.17) is 5.11 Å². The molecular formula is C10H12NO3. The number of rotatable bonds is 3. The first kappa shape index (κ1) is 10.7. The number of aliphatic hydroxyl groups excluding tert-OH is 1. The molecule has 4 heteroatoms. The Kier molecular flexibility index (Phi) is 3.19. The molecule has 0 saturated heterocycles. The predicted molar refractivity (Wildman–Crippen MR) is 52.5 cm³/mol. The van der Waals surface area contributed by atoms with Crippen LogP contribution in [0.3, 0.4) is 0 Å². The maximum Gasteiger partial charge on any atom is 0.270 e. The highest BCUT2D eigenvalue weighted by Crippen LogP contribution is 2.23. The molecule has 1 rings (SSSR count). The van der Waals surface area contributed by atoms with Gasteiger partial charge in [0, 0.05) is 12.1 Å². The summed E-state index contributed by atoms with van der Waals surface area (Å²) < 4.78 is 0. The molecule has 0 heterocycles. The second-order valence-electron chi connectivity index (χ2n) is 3.40. The van der Waals surface area contributed by atoms with Crippen molar-refractivity contribution >= 4 is 5.69 Å². The zero-order chi connectivity index (χ0) is 10.7. The Labute approximate surface area is 82.3 Å². The summed E-state index contributed by atoms with van der Waals surface area (Å²) in [6.07, 6.45) is 0. The van der Waals surface area contributed by atoms with E-state index in [1.54, 1.807) is 6.07 Å². The molecular weight excluding hydrogens is 182 g/mol. The fourth-order valence-corrected chi connectivity index (χ4v) is 1.17. The Morgan fingerprint density at radius 3 is 2.50 bits per heavy atom. The lowest BCUT2D eigenvalue weighted by molar-refractivity contribution is -0.385. The third-order valence-electron chi connectivity index (χ3n) is 1.99. The van der Waals surface area contributed by atoms with E-state index in [1.165, 1.54) is 12.1 Å². The summed E-state index contributed by atoms with van der Waals surface area (Å²) in [4.78, 5) is 10.1. The number of non-ortho nitro benzene ring substituents is 1. The summed E-state index contributed by atoms with van der Waals surface area (Å²) in [7, 11) is 0. The second kappa shape index (κ2) is 4.19. The van der Waals surface area contributed by atoms with Crippen molar-refractivity contribution in [3.63, 3.8) is 0 Å². The molecule has 0 bridgehead atoms. The first-order valence-corrected chi connectivity index (χ1v) is 4.31. The topological polar surface area (TPSA) is 63.4 Å². The Bertz CT molecular complexity index is 347. The highest BCUT2D eigenvalue weighted by atomic mass is 16.6. The van der Waals surface area contributed by atoms with Gasteiger partial charge in [-0.2, -0.15) is 0 Å². The van der Waals surface area contributed by atoms with Gasteiger partial charge in [0.15, 0.2) is 0 Å². The van der Waals surface area contributed by atoms with Gasteiger partial charge in [-0.3, -0.25) is 10.1 Å². The van der Waals surface area contributed by atoms with Crippen molar-refractivity contribution in [2.24, 2.45) is 0 Å². The highest BCUT2D eigenvalue weighted by molar-refractivity contribution is 5.42. The molecule has 0 unspecified atom stereocenters. The molecule has 1 aromatic carbocycles. The van der Waals surface area contributed by atoms with Crippen molar-refractivity contribution in [3.05, 3.63) is 46.0 Å². The molecule has 0 amide bonds. The SMILES string of the molecule is CC(C)c1cc([CH]O)cc([N+](=O)[O-])c1. The van der Waals surface area contributed by atoms with Gasteiger partial charge in [-0.05, 0) is 17.0 Å². The minimum Gasteiger partial charge on any atom is -0.385 e. The number of hydrogen-bond donors (Lipinski definition) is 1. The van der Waals surface area contributed by atoms with Crippen molar-refractivity contribution in [1.29, 1.82) is 0 Å². The van der Waals surface area contributed by atoms with Crippen molar-refractivity contribution in [1.82, 2.24) is 0 Å². The molecule has 0 spiro atoms. The number of benzene rings is 1. The van der Waals surface area contributed by atoms with Crippen LogP contribution in [0.1, 0.15) is 30.9 Å². The molecule has 0 atom stereocenters. The lowest BCUT2D eigenvalue weighted by Crippen LogP contribution is -1.95. The zero-order valence-corrected chi connectivity index (χ0v) is 8.10. The van der Waals surface area contributed by atoms with Crippen molar-refractivity contribution < 1.29 is 10.0 Å². The van der Waals surface area contributed by atoms with Crippen LogP contribution < -0.4 is 0 Å². The summed E-state index contributed by atoms with van der Waals surface area (Å²) in [6, 6.07) is 4.60. The third-order valence-corrected chi connectivity index (χ3v) is 1.99. The van der Waals surface area contributed by atoms with E-state index in [-0.39, 0.29) is 11.6 Å². The van der Waals surface area contributed by atoms with E-state index in [0.717, 1.165) is 12.2 Å². The van der Waals surface area contributed by atoms with E-state index in [1.807, 2.05) is 13.8 Å². The highest BCUT2D eigenvalue weighted by Gasteiger charge is 2.11. The van der Waals surface area contributed by atoms with Gasteiger partial charge in [0.2, 0.25) is 0 Å². The number of nitro benzene ring substituents is 1. The summed E-state index contributed by atoms with van der Waals surface area (Å²) in [6.45, 7) is 4.76. The Balaban J connectivity index is 3.20. The number of aliphatic hydroxyl groups is 1. The second-order valence-corrected chi connectivity index (χ2v) is 3.40. The summed E-state index contributed by atoms with van der Waals surface area (Å²) in [5, 5.41) is 19.4. The maximum atomic E-state index is 10.6. The average Bonchev–Trinajstić information content (AvgIpc) is 2.16. The Hall–Kier alpha value is -1.42. The van der Waals surface area contributed by atoms with Crippen molar-refractivity contribution in [2.75, 3.05) is 0 Å². The predicted octanol–water partition coefficient (Wildman–Crippen LogP) is 2.60. The average molecular weight is 194 g/mol. The van der Waals surface area contributed by atoms with Gasteiger partial charge in [-0.25, -0.2) is 0 Å². The molecule has 0 saturated carbocycles. The third kappa shape index (κ3) is 2.29. The van der Waals surface area contributed by atoms with Crippen LogP contribution in [0.5, 0.6) is 0 Å². The molecule has 1 N–H and O–H groups in total. The van der Waals surface area contributed by atoms with Crippen LogP contribution in [0.15, 0.2) is 18.2 Å². The van der Waals surface area contributed by atoms with Gasteiger partial charge in [0.1, 0.15) is 6.61 Å². The largest absolute Gasteiger partial charge is 0.385 e. The lowest BCUT2D eigenvalue weighted by atomic mass is 10.0. The van der Waals surface area contributed by atoms with Gasteiger partial charge in [-0.1, -0.05) is 19.9 Å². The fraction of sp³-hybridized carbons (Fsp3) is 0.300. The minimum atomic E-state index is -0.459. The lowest BCUT2D eigenvalue weighted by Gasteiger charge is -2.06. The quantitative estimate of drug-likeness (QED) is 0.594. The molecule has 0 fully saturated rings. The van der Waals surface area contributed by atoms with Crippen molar-refractivity contribution in [3.8, 4) is 0 Å². The molecule has 75 valence electrons. The first-order valence-electron chi connectivity index (χ1n) is 4.31. The molecule has 0 aromatic heterocycles. The van der Waals surface area contributed by atoms with E-state index >= 15 is 0 Å². The summed E-state index contributed by atoms with van der Waals surface area (Å²) >= 11 is 0. The number of nitrogens with zero attached hydrogens (tertiary/aromatic N) is 1. The van der Waals surface area contributed by atoms with E-state index < -0.39 is 4.92 Å².